The molecule has 0 radical (unpaired) electrons. The molecule has 2 aromatic rings. The van der Waals surface area contributed by atoms with Gasteiger partial charge in [-0.15, -0.1) is 0 Å². The monoisotopic (exact) mass is 344 g/mol. The van der Waals surface area contributed by atoms with Crippen molar-refractivity contribution in [3.63, 3.8) is 0 Å². The van der Waals surface area contributed by atoms with Crippen molar-refractivity contribution in [2.75, 3.05) is 18.5 Å². The molecule has 1 amide bonds. The van der Waals surface area contributed by atoms with Crippen LogP contribution in [0, 0.1) is 5.41 Å². The number of anilines is 2. The molecule has 136 valence electrons. The Hall–Kier alpha value is -2.34. The number of amides is 1. The van der Waals surface area contributed by atoms with Crippen LogP contribution in [0.5, 0.6) is 0 Å². The van der Waals surface area contributed by atoms with Gasteiger partial charge >= 0.3 is 0 Å². The van der Waals surface area contributed by atoms with E-state index in [0.717, 1.165) is 24.2 Å². The predicted molar refractivity (Wildman–Crippen MR) is 100.0 cm³/mol. The molecule has 2 rings (SSSR count). The Bertz CT molecular complexity index is 692. The van der Waals surface area contributed by atoms with E-state index in [0.29, 0.717) is 18.5 Å². The summed E-state index contributed by atoms with van der Waals surface area (Å²) in [6, 6.07) is 7.40. The molecule has 0 spiro atoms. The lowest BCUT2D eigenvalue weighted by atomic mass is 9.79. The number of aliphatic hydroxyl groups is 1. The van der Waals surface area contributed by atoms with Crippen molar-refractivity contribution in [1.82, 2.24) is 15.1 Å². The maximum Gasteiger partial charge on any atom is 0.251 e. The smallest absolute Gasteiger partial charge is 0.251 e. The van der Waals surface area contributed by atoms with E-state index in [4.69, 9.17) is 0 Å². The number of benzene rings is 1. The van der Waals surface area contributed by atoms with Gasteiger partial charge in [-0.05, 0) is 42.9 Å². The summed E-state index contributed by atoms with van der Waals surface area (Å²) in [6.07, 6.45) is 6.15. The zero-order chi connectivity index (χ0) is 18.3. The first-order valence-electron chi connectivity index (χ1n) is 8.76. The number of nitrogens with zero attached hydrogens (tertiary/aromatic N) is 2. The van der Waals surface area contributed by atoms with Crippen LogP contribution in [0.1, 0.15) is 43.5 Å². The second-order valence-corrected chi connectivity index (χ2v) is 6.47. The van der Waals surface area contributed by atoms with E-state index in [-0.39, 0.29) is 17.9 Å². The maximum absolute atomic E-state index is 12.5. The lowest BCUT2D eigenvalue weighted by Crippen LogP contribution is -2.37. The minimum absolute atomic E-state index is 0.0457. The molecule has 0 aliphatic rings. The number of hydrogen-bond acceptors (Lipinski definition) is 4. The average molecular weight is 344 g/mol. The van der Waals surface area contributed by atoms with Crippen LogP contribution in [-0.4, -0.2) is 33.9 Å². The molecule has 3 N–H and O–H groups in total. The molecule has 0 aliphatic carbocycles. The fourth-order valence-corrected chi connectivity index (χ4v) is 2.94. The van der Waals surface area contributed by atoms with E-state index < -0.39 is 0 Å². The van der Waals surface area contributed by atoms with Gasteiger partial charge in [0.2, 0.25) is 0 Å². The molecular formula is C19H28N4O2. The summed E-state index contributed by atoms with van der Waals surface area (Å²) in [4.78, 5) is 12.5. The van der Waals surface area contributed by atoms with Crippen LogP contribution in [0.15, 0.2) is 36.7 Å². The van der Waals surface area contributed by atoms with Gasteiger partial charge < -0.3 is 15.7 Å². The van der Waals surface area contributed by atoms with Crippen LogP contribution in [-0.2, 0) is 7.05 Å². The normalized spacial score (nSPS) is 11.4. The lowest BCUT2D eigenvalue weighted by Gasteiger charge is -2.31. The van der Waals surface area contributed by atoms with Gasteiger partial charge in [0.05, 0.1) is 11.9 Å². The summed E-state index contributed by atoms with van der Waals surface area (Å²) in [5.41, 5.74) is 2.28. The number of nitrogens with one attached hydrogen (secondary N) is 2. The molecule has 1 heterocycles. The van der Waals surface area contributed by atoms with E-state index in [1.165, 1.54) is 0 Å². The molecule has 0 unspecified atom stereocenters. The van der Waals surface area contributed by atoms with Crippen molar-refractivity contribution in [2.24, 2.45) is 12.5 Å². The standard InChI is InChI=1S/C19H28N4O2/c1-4-19(5-2,9-10-24)14-20-18(25)15-7-6-8-16(11-15)22-17-12-21-23(3)13-17/h6-8,11-13,22,24H,4-5,9-10,14H2,1-3H3,(H,20,25). The first-order valence-corrected chi connectivity index (χ1v) is 8.76. The number of carbonyl (C=O) groups excluding carboxylic acids is 1. The van der Waals surface area contributed by atoms with Gasteiger partial charge in [-0.25, -0.2) is 0 Å². The lowest BCUT2D eigenvalue weighted by molar-refractivity contribution is 0.0907. The summed E-state index contributed by atoms with van der Waals surface area (Å²) in [5, 5.41) is 19.7. The Morgan fingerprint density at radius 2 is 2.04 bits per heavy atom. The number of rotatable bonds is 9. The highest BCUT2D eigenvalue weighted by Gasteiger charge is 2.26. The Balaban J connectivity index is 2.03. The van der Waals surface area contributed by atoms with Crippen LogP contribution in [0.3, 0.4) is 0 Å². The minimum atomic E-state index is -0.0981. The number of aryl methyl sites for hydroxylation is 1. The molecule has 1 aromatic heterocycles. The Kier molecular flexibility index (Phi) is 6.58. The molecule has 0 bridgehead atoms. The molecular weight excluding hydrogens is 316 g/mol. The number of aromatic nitrogens is 2. The van der Waals surface area contributed by atoms with Crippen molar-refractivity contribution in [1.29, 1.82) is 0 Å². The fraction of sp³-hybridized carbons (Fsp3) is 0.474. The van der Waals surface area contributed by atoms with Crippen molar-refractivity contribution >= 4 is 17.3 Å². The molecule has 0 saturated heterocycles. The van der Waals surface area contributed by atoms with Crippen molar-refractivity contribution < 1.29 is 9.90 Å². The number of aliphatic hydroxyl groups excluding tert-OH is 1. The Morgan fingerprint density at radius 3 is 2.64 bits per heavy atom. The first kappa shape index (κ1) is 19.0. The molecule has 0 atom stereocenters. The molecule has 1 aromatic carbocycles. The fourth-order valence-electron chi connectivity index (χ4n) is 2.94. The van der Waals surface area contributed by atoms with Gasteiger partial charge in [0.25, 0.3) is 5.91 Å². The third kappa shape index (κ3) is 5.06. The van der Waals surface area contributed by atoms with Crippen LogP contribution >= 0.6 is 0 Å². The summed E-state index contributed by atoms with van der Waals surface area (Å²) < 4.78 is 1.72. The zero-order valence-electron chi connectivity index (χ0n) is 15.2. The van der Waals surface area contributed by atoms with Crippen LogP contribution in [0.2, 0.25) is 0 Å². The van der Waals surface area contributed by atoms with Gasteiger partial charge in [0.15, 0.2) is 0 Å². The highest BCUT2D eigenvalue weighted by Crippen LogP contribution is 2.29. The van der Waals surface area contributed by atoms with Gasteiger partial charge in [-0.2, -0.15) is 5.10 Å². The van der Waals surface area contributed by atoms with E-state index in [2.05, 4.69) is 29.6 Å². The van der Waals surface area contributed by atoms with Crippen LogP contribution in [0.25, 0.3) is 0 Å². The third-order valence-electron chi connectivity index (χ3n) is 4.88. The van der Waals surface area contributed by atoms with Gasteiger partial charge in [0, 0.05) is 37.6 Å². The van der Waals surface area contributed by atoms with E-state index >= 15 is 0 Å². The van der Waals surface area contributed by atoms with E-state index in [9.17, 15) is 9.90 Å². The van der Waals surface area contributed by atoms with Crippen molar-refractivity contribution in [2.45, 2.75) is 33.1 Å². The predicted octanol–water partition coefficient (Wildman–Crippen LogP) is 3.08. The SMILES string of the molecule is CCC(CC)(CCO)CNC(=O)c1cccc(Nc2cnn(C)c2)c1. The molecule has 6 heteroatoms. The van der Waals surface area contributed by atoms with Crippen molar-refractivity contribution in [3.05, 3.63) is 42.2 Å². The number of hydrogen-bond donors (Lipinski definition) is 3. The largest absolute Gasteiger partial charge is 0.396 e. The van der Waals surface area contributed by atoms with Crippen LogP contribution < -0.4 is 10.6 Å². The summed E-state index contributed by atoms with van der Waals surface area (Å²) >= 11 is 0. The highest BCUT2D eigenvalue weighted by atomic mass is 16.3. The molecule has 25 heavy (non-hydrogen) atoms. The Labute approximate surface area is 149 Å². The van der Waals surface area contributed by atoms with E-state index in [1.54, 1.807) is 16.9 Å². The molecule has 0 aliphatic heterocycles. The highest BCUT2D eigenvalue weighted by molar-refractivity contribution is 5.95. The topological polar surface area (TPSA) is 79.2 Å². The quantitative estimate of drug-likeness (QED) is 0.653. The zero-order valence-corrected chi connectivity index (χ0v) is 15.2. The second-order valence-electron chi connectivity index (χ2n) is 6.47. The molecule has 0 saturated carbocycles. The van der Waals surface area contributed by atoms with Gasteiger partial charge in [-0.1, -0.05) is 19.9 Å². The Morgan fingerprint density at radius 1 is 1.28 bits per heavy atom. The summed E-state index contributed by atoms with van der Waals surface area (Å²) in [7, 11) is 1.86. The molecule has 0 fully saturated rings. The maximum atomic E-state index is 12.5. The second kappa shape index (κ2) is 8.67. The van der Waals surface area contributed by atoms with Crippen LogP contribution in [0.4, 0.5) is 11.4 Å². The van der Waals surface area contributed by atoms with Gasteiger partial charge in [0.1, 0.15) is 0 Å². The van der Waals surface area contributed by atoms with Crippen molar-refractivity contribution in [3.8, 4) is 0 Å². The third-order valence-corrected chi connectivity index (χ3v) is 4.88. The first-order chi connectivity index (χ1) is 12.0. The average Bonchev–Trinajstić information content (AvgIpc) is 3.03. The van der Waals surface area contributed by atoms with E-state index in [1.807, 2.05) is 31.4 Å². The summed E-state index contributed by atoms with van der Waals surface area (Å²) in [6.45, 7) is 4.91. The summed E-state index contributed by atoms with van der Waals surface area (Å²) in [5.74, 6) is -0.0981. The minimum Gasteiger partial charge on any atom is -0.396 e. The van der Waals surface area contributed by atoms with Gasteiger partial charge in [-0.3, -0.25) is 9.48 Å². The molecule has 6 nitrogen and oxygen atoms in total. The number of carbonyl (C=O) groups is 1.